The fraction of sp³-hybridized carbons (Fsp3) is 0.333. The van der Waals surface area contributed by atoms with Crippen LogP contribution in [0, 0.1) is 3.57 Å². The van der Waals surface area contributed by atoms with Crippen LogP contribution >= 0.6 is 22.6 Å². The summed E-state index contributed by atoms with van der Waals surface area (Å²) in [6.07, 6.45) is 5.16. The van der Waals surface area contributed by atoms with Crippen LogP contribution in [-0.2, 0) is 6.42 Å². The van der Waals surface area contributed by atoms with E-state index in [0.29, 0.717) is 0 Å². The lowest BCUT2D eigenvalue weighted by Crippen LogP contribution is -1.91. The van der Waals surface area contributed by atoms with Crippen molar-refractivity contribution in [2.45, 2.75) is 32.6 Å². The zero-order valence-corrected chi connectivity index (χ0v) is 11.8. The Kier molecular flexibility index (Phi) is 4.22. The minimum atomic E-state index is 1.22. The topological polar surface area (TPSA) is 0 Å². The van der Waals surface area contributed by atoms with Crippen LogP contribution in [0.15, 0.2) is 36.4 Å². The van der Waals surface area contributed by atoms with Crippen molar-refractivity contribution in [2.75, 3.05) is 0 Å². The second-order valence-electron chi connectivity index (χ2n) is 4.22. The van der Waals surface area contributed by atoms with Gasteiger partial charge >= 0.3 is 0 Å². The molecule has 0 aliphatic rings. The maximum atomic E-state index is 2.49. The first-order valence-corrected chi connectivity index (χ1v) is 7.07. The number of halogens is 1. The molecule has 0 aliphatic carbocycles. The molecule has 0 unspecified atom stereocenters. The molecular formula is C15H17I. The number of benzene rings is 2. The maximum absolute atomic E-state index is 2.49. The second kappa shape index (κ2) is 5.67. The van der Waals surface area contributed by atoms with Crippen LogP contribution in [-0.4, -0.2) is 0 Å². The fourth-order valence-electron chi connectivity index (χ4n) is 2.04. The van der Waals surface area contributed by atoms with Gasteiger partial charge in [-0.1, -0.05) is 56.2 Å². The summed E-state index contributed by atoms with van der Waals surface area (Å²) in [7, 11) is 0. The molecule has 0 atom stereocenters. The normalized spacial score (nSPS) is 10.9. The zero-order chi connectivity index (χ0) is 11.4. The molecule has 2 aromatic carbocycles. The van der Waals surface area contributed by atoms with Crippen LogP contribution in [0.25, 0.3) is 10.8 Å². The molecule has 1 heteroatoms. The summed E-state index contributed by atoms with van der Waals surface area (Å²) < 4.78 is 1.44. The van der Waals surface area contributed by atoms with Gasteiger partial charge in [0.2, 0.25) is 0 Å². The molecule has 0 aliphatic heterocycles. The highest BCUT2D eigenvalue weighted by atomic mass is 127. The van der Waals surface area contributed by atoms with Gasteiger partial charge in [0.1, 0.15) is 0 Å². The number of unbranched alkanes of at least 4 members (excludes halogenated alkanes) is 2. The molecule has 0 N–H and O–H groups in total. The van der Waals surface area contributed by atoms with E-state index < -0.39 is 0 Å². The van der Waals surface area contributed by atoms with Gasteiger partial charge in [0.15, 0.2) is 0 Å². The minimum Gasteiger partial charge on any atom is -0.0654 e. The molecule has 0 bridgehead atoms. The molecule has 0 amide bonds. The lowest BCUT2D eigenvalue weighted by molar-refractivity contribution is 0.716. The fourth-order valence-corrected chi connectivity index (χ4v) is 2.98. The highest BCUT2D eigenvalue weighted by Crippen LogP contribution is 2.25. The lowest BCUT2D eigenvalue weighted by Gasteiger charge is -2.07. The summed E-state index contributed by atoms with van der Waals surface area (Å²) >= 11 is 2.49. The van der Waals surface area contributed by atoms with Gasteiger partial charge in [-0.2, -0.15) is 0 Å². The molecule has 0 radical (unpaired) electrons. The molecule has 0 spiro atoms. The average molecular weight is 324 g/mol. The Bertz CT molecular complexity index is 474. The van der Waals surface area contributed by atoms with E-state index in [2.05, 4.69) is 65.9 Å². The van der Waals surface area contributed by atoms with Crippen molar-refractivity contribution in [2.24, 2.45) is 0 Å². The summed E-state index contributed by atoms with van der Waals surface area (Å²) in [6, 6.07) is 13.2. The number of rotatable bonds is 4. The van der Waals surface area contributed by atoms with Crippen molar-refractivity contribution in [3.8, 4) is 0 Å². The molecule has 0 aromatic heterocycles. The SMILES string of the molecule is CCCCCc1ccc2ccccc2c1I. The Hall–Kier alpha value is -0.570. The molecule has 84 valence electrons. The van der Waals surface area contributed by atoms with Gasteiger partial charge in [-0.15, -0.1) is 0 Å². The summed E-state index contributed by atoms with van der Waals surface area (Å²) in [4.78, 5) is 0. The number of hydrogen-bond acceptors (Lipinski definition) is 0. The third kappa shape index (κ3) is 2.57. The van der Waals surface area contributed by atoms with Gasteiger partial charge in [0.25, 0.3) is 0 Å². The molecule has 0 fully saturated rings. The molecule has 0 nitrogen and oxygen atoms in total. The molecule has 16 heavy (non-hydrogen) atoms. The van der Waals surface area contributed by atoms with E-state index in [1.54, 1.807) is 0 Å². The first-order chi connectivity index (χ1) is 7.83. The van der Waals surface area contributed by atoms with E-state index >= 15 is 0 Å². The first kappa shape index (κ1) is 11.9. The first-order valence-electron chi connectivity index (χ1n) is 5.99. The summed E-state index contributed by atoms with van der Waals surface area (Å²) in [5.74, 6) is 0. The molecule has 2 aromatic rings. The summed E-state index contributed by atoms with van der Waals surface area (Å²) in [6.45, 7) is 2.26. The average Bonchev–Trinajstić information content (AvgIpc) is 2.33. The molecular weight excluding hydrogens is 307 g/mol. The van der Waals surface area contributed by atoms with Crippen LogP contribution in [0.1, 0.15) is 31.7 Å². The summed E-state index contributed by atoms with van der Waals surface area (Å²) in [5, 5.41) is 2.75. The van der Waals surface area contributed by atoms with E-state index in [-0.39, 0.29) is 0 Å². The number of aryl methyl sites for hydroxylation is 1. The quantitative estimate of drug-likeness (QED) is 0.537. The Balaban J connectivity index is 2.29. The van der Waals surface area contributed by atoms with Gasteiger partial charge in [0.05, 0.1) is 0 Å². The molecule has 2 rings (SSSR count). The van der Waals surface area contributed by atoms with E-state index in [4.69, 9.17) is 0 Å². The van der Waals surface area contributed by atoms with Crippen LogP contribution in [0.4, 0.5) is 0 Å². The standard InChI is InChI=1S/C15H17I/c1-2-3-4-8-13-11-10-12-7-5-6-9-14(12)15(13)16/h5-7,9-11H,2-4,8H2,1H3. The van der Waals surface area contributed by atoms with E-state index in [9.17, 15) is 0 Å². The monoisotopic (exact) mass is 324 g/mol. The predicted octanol–water partition coefficient (Wildman–Crippen LogP) is 5.18. The predicted molar refractivity (Wildman–Crippen MR) is 79.9 cm³/mol. The van der Waals surface area contributed by atoms with Crippen molar-refractivity contribution < 1.29 is 0 Å². The van der Waals surface area contributed by atoms with E-state index in [0.717, 1.165) is 0 Å². The van der Waals surface area contributed by atoms with Gasteiger partial charge < -0.3 is 0 Å². The van der Waals surface area contributed by atoms with E-state index in [1.165, 1.54) is 45.6 Å². The van der Waals surface area contributed by atoms with Crippen molar-refractivity contribution in [1.82, 2.24) is 0 Å². The number of fused-ring (bicyclic) bond motifs is 1. The Morgan fingerprint density at radius 1 is 1.00 bits per heavy atom. The smallest absolute Gasteiger partial charge is 0.0240 e. The second-order valence-corrected chi connectivity index (χ2v) is 5.30. The Morgan fingerprint density at radius 3 is 2.62 bits per heavy atom. The maximum Gasteiger partial charge on any atom is 0.0240 e. The van der Waals surface area contributed by atoms with Crippen LogP contribution < -0.4 is 0 Å². The van der Waals surface area contributed by atoms with Crippen LogP contribution in [0.5, 0.6) is 0 Å². The van der Waals surface area contributed by atoms with Crippen molar-refractivity contribution >= 4 is 33.4 Å². The third-order valence-corrected chi connectivity index (χ3v) is 4.27. The van der Waals surface area contributed by atoms with Crippen LogP contribution in [0.2, 0.25) is 0 Å². The summed E-state index contributed by atoms with van der Waals surface area (Å²) in [5.41, 5.74) is 1.51. The third-order valence-electron chi connectivity index (χ3n) is 2.99. The van der Waals surface area contributed by atoms with Crippen molar-refractivity contribution in [3.63, 3.8) is 0 Å². The molecule has 0 heterocycles. The van der Waals surface area contributed by atoms with Gasteiger partial charge in [0, 0.05) is 3.57 Å². The molecule has 0 saturated carbocycles. The van der Waals surface area contributed by atoms with Gasteiger partial charge in [-0.25, -0.2) is 0 Å². The van der Waals surface area contributed by atoms with E-state index in [1.807, 2.05) is 0 Å². The van der Waals surface area contributed by atoms with Crippen LogP contribution in [0.3, 0.4) is 0 Å². The molecule has 0 saturated heterocycles. The van der Waals surface area contributed by atoms with Crippen molar-refractivity contribution in [3.05, 3.63) is 45.5 Å². The zero-order valence-electron chi connectivity index (χ0n) is 9.67. The highest BCUT2D eigenvalue weighted by Gasteiger charge is 2.03. The van der Waals surface area contributed by atoms with Gasteiger partial charge in [-0.3, -0.25) is 0 Å². The highest BCUT2D eigenvalue weighted by molar-refractivity contribution is 14.1. The van der Waals surface area contributed by atoms with Gasteiger partial charge in [-0.05, 0) is 51.8 Å². The lowest BCUT2D eigenvalue weighted by atomic mass is 10.0. The minimum absolute atomic E-state index is 1.22. The number of hydrogen-bond donors (Lipinski definition) is 0. The largest absolute Gasteiger partial charge is 0.0654 e. The Morgan fingerprint density at radius 2 is 1.81 bits per heavy atom. The Labute approximate surface area is 111 Å². The van der Waals surface area contributed by atoms with Crippen molar-refractivity contribution in [1.29, 1.82) is 0 Å².